The van der Waals surface area contributed by atoms with Gasteiger partial charge in [0.15, 0.2) is 0 Å². The molecule has 5 nitrogen and oxygen atoms in total. The average molecular weight is 386 g/mol. The summed E-state index contributed by atoms with van der Waals surface area (Å²) >= 11 is 6.40. The van der Waals surface area contributed by atoms with Gasteiger partial charge in [0.2, 0.25) is 5.91 Å². The first kappa shape index (κ1) is 18.3. The average Bonchev–Trinajstić information content (AvgIpc) is 2.69. The summed E-state index contributed by atoms with van der Waals surface area (Å²) in [5, 5.41) is 7.35. The Morgan fingerprint density at radius 1 is 1.19 bits per heavy atom. The number of benzene rings is 2. The number of hydrogen-bond acceptors (Lipinski definition) is 4. The highest BCUT2D eigenvalue weighted by molar-refractivity contribution is 6.31. The highest BCUT2D eigenvalue weighted by Crippen LogP contribution is 2.32. The van der Waals surface area contributed by atoms with Gasteiger partial charge in [-0.2, -0.15) is 0 Å². The Bertz CT molecular complexity index is 814. The highest BCUT2D eigenvalue weighted by atomic mass is 35.5. The minimum absolute atomic E-state index is 0.00382. The standard InChI is InChI=1S/C21H24ClN3O2/c22-17-7-3-1-5-15(17)19-13-23-10-11-25(19)14-21(26)24-18-9-12-27-20-8-4-2-6-16(18)20/h1-8,18-19,23H,9-14H2,(H,24,26). The summed E-state index contributed by atoms with van der Waals surface area (Å²) in [6.45, 7) is 3.45. The van der Waals surface area contributed by atoms with Crippen molar-refractivity contribution in [3.63, 3.8) is 0 Å². The zero-order chi connectivity index (χ0) is 18.6. The first-order valence-electron chi connectivity index (χ1n) is 9.42. The predicted octanol–water partition coefficient (Wildman–Crippen LogP) is 2.93. The van der Waals surface area contributed by atoms with Gasteiger partial charge in [-0.25, -0.2) is 0 Å². The number of ether oxygens (including phenoxy) is 1. The van der Waals surface area contributed by atoms with Crippen LogP contribution >= 0.6 is 11.6 Å². The molecule has 0 saturated carbocycles. The Morgan fingerprint density at radius 2 is 1.96 bits per heavy atom. The van der Waals surface area contributed by atoms with Gasteiger partial charge in [-0.05, 0) is 17.7 Å². The summed E-state index contributed by atoms with van der Waals surface area (Å²) in [5.74, 6) is 0.904. The molecule has 0 spiro atoms. The van der Waals surface area contributed by atoms with E-state index in [4.69, 9.17) is 16.3 Å². The lowest BCUT2D eigenvalue weighted by Crippen LogP contribution is -2.50. The molecule has 1 fully saturated rings. The molecule has 1 amide bonds. The lowest BCUT2D eigenvalue weighted by molar-refractivity contribution is -0.124. The number of fused-ring (bicyclic) bond motifs is 1. The van der Waals surface area contributed by atoms with Crippen LogP contribution in [0.4, 0.5) is 0 Å². The van der Waals surface area contributed by atoms with Crippen LogP contribution in [0.3, 0.4) is 0 Å². The molecular weight excluding hydrogens is 362 g/mol. The molecule has 27 heavy (non-hydrogen) atoms. The van der Waals surface area contributed by atoms with Crippen LogP contribution in [-0.2, 0) is 4.79 Å². The molecule has 2 N–H and O–H groups in total. The van der Waals surface area contributed by atoms with Crippen molar-refractivity contribution in [1.82, 2.24) is 15.5 Å². The van der Waals surface area contributed by atoms with E-state index in [-0.39, 0.29) is 18.0 Å². The van der Waals surface area contributed by atoms with Crippen molar-refractivity contribution in [2.75, 3.05) is 32.8 Å². The van der Waals surface area contributed by atoms with Crippen LogP contribution in [0, 0.1) is 0 Å². The van der Waals surface area contributed by atoms with Gasteiger partial charge in [0.1, 0.15) is 5.75 Å². The van der Waals surface area contributed by atoms with Gasteiger partial charge >= 0.3 is 0 Å². The Labute approximate surface area is 164 Å². The minimum Gasteiger partial charge on any atom is -0.493 e. The fourth-order valence-corrected chi connectivity index (χ4v) is 4.17. The predicted molar refractivity (Wildman–Crippen MR) is 106 cm³/mol. The molecule has 142 valence electrons. The van der Waals surface area contributed by atoms with Crippen molar-refractivity contribution in [3.8, 4) is 5.75 Å². The lowest BCUT2D eigenvalue weighted by Gasteiger charge is -2.37. The number of carbonyl (C=O) groups excluding carboxylic acids is 1. The quantitative estimate of drug-likeness (QED) is 0.849. The summed E-state index contributed by atoms with van der Waals surface area (Å²) in [4.78, 5) is 15.0. The molecule has 2 aromatic carbocycles. The molecule has 1 saturated heterocycles. The van der Waals surface area contributed by atoms with E-state index in [2.05, 4.69) is 15.5 Å². The van der Waals surface area contributed by atoms with Gasteiger partial charge in [-0.1, -0.05) is 48.0 Å². The van der Waals surface area contributed by atoms with Crippen molar-refractivity contribution in [3.05, 3.63) is 64.7 Å². The minimum atomic E-state index is 0.00382. The van der Waals surface area contributed by atoms with E-state index in [0.717, 1.165) is 48.0 Å². The molecule has 2 aliphatic rings. The Morgan fingerprint density at radius 3 is 2.81 bits per heavy atom. The van der Waals surface area contributed by atoms with Crippen LogP contribution in [0.1, 0.15) is 29.6 Å². The maximum Gasteiger partial charge on any atom is 0.234 e. The maximum atomic E-state index is 12.8. The second-order valence-corrected chi connectivity index (χ2v) is 7.41. The molecule has 2 heterocycles. The van der Waals surface area contributed by atoms with E-state index >= 15 is 0 Å². The fraction of sp³-hybridized carbons (Fsp3) is 0.381. The highest BCUT2D eigenvalue weighted by Gasteiger charge is 2.28. The molecule has 0 radical (unpaired) electrons. The zero-order valence-electron chi connectivity index (χ0n) is 15.2. The summed E-state index contributed by atoms with van der Waals surface area (Å²) < 4.78 is 5.69. The van der Waals surface area contributed by atoms with Crippen molar-refractivity contribution in [2.45, 2.75) is 18.5 Å². The van der Waals surface area contributed by atoms with Crippen LogP contribution in [0.2, 0.25) is 5.02 Å². The Kier molecular flexibility index (Phi) is 5.62. The number of nitrogens with zero attached hydrogens (tertiary/aromatic N) is 1. The van der Waals surface area contributed by atoms with Gasteiger partial charge < -0.3 is 15.4 Å². The second kappa shape index (κ2) is 8.30. The smallest absolute Gasteiger partial charge is 0.234 e. The van der Waals surface area contributed by atoms with E-state index in [1.165, 1.54) is 0 Å². The van der Waals surface area contributed by atoms with Gasteiger partial charge in [0, 0.05) is 42.7 Å². The summed E-state index contributed by atoms with van der Waals surface area (Å²) in [7, 11) is 0. The summed E-state index contributed by atoms with van der Waals surface area (Å²) in [6, 6.07) is 15.9. The van der Waals surface area contributed by atoms with Gasteiger partial charge in [0.05, 0.1) is 19.2 Å². The third kappa shape index (κ3) is 4.10. The molecule has 0 aliphatic carbocycles. The molecule has 2 unspecified atom stereocenters. The third-order valence-electron chi connectivity index (χ3n) is 5.26. The zero-order valence-corrected chi connectivity index (χ0v) is 15.9. The number of amides is 1. The van der Waals surface area contributed by atoms with E-state index in [0.29, 0.717) is 13.2 Å². The number of piperazine rings is 1. The molecule has 6 heteroatoms. The monoisotopic (exact) mass is 385 g/mol. The molecule has 0 aromatic heterocycles. The normalized spacial score (nSPS) is 22.6. The van der Waals surface area contributed by atoms with E-state index < -0.39 is 0 Å². The molecule has 0 bridgehead atoms. The fourth-order valence-electron chi connectivity index (χ4n) is 3.90. The number of nitrogens with one attached hydrogen (secondary N) is 2. The van der Waals surface area contributed by atoms with Crippen LogP contribution in [0.15, 0.2) is 48.5 Å². The van der Waals surface area contributed by atoms with Crippen molar-refractivity contribution in [2.24, 2.45) is 0 Å². The van der Waals surface area contributed by atoms with Crippen LogP contribution in [0.25, 0.3) is 0 Å². The third-order valence-corrected chi connectivity index (χ3v) is 5.60. The lowest BCUT2D eigenvalue weighted by atomic mass is 10.0. The van der Waals surface area contributed by atoms with E-state index in [9.17, 15) is 4.79 Å². The molecule has 2 atom stereocenters. The Balaban J connectivity index is 1.45. The van der Waals surface area contributed by atoms with E-state index in [1.54, 1.807) is 0 Å². The van der Waals surface area contributed by atoms with Crippen molar-refractivity contribution >= 4 is 17.5 Å². The molecular formula is C21H24ClN3O2. The van der Waals surface area contributed by atoms with Crippen LogP contribution < -0.4 is 15.4 Å². The maximum absolute atomic E-state index is 12.8. The number of para-hydroxylation sites is 1. The SMILES string of the molecule is O=C(CN1CCNCC1c1ccccc1Cl)NC1CCOc2ccccc21. The molecule has 2 aromatic rings. The summed E-state index contributed by atoms with van der Waals surface area (Å²) in [5.41, 5.74) is 2.12. The first-order chi connectivity index (χ1) is 13.2. The van der Waals surface area contributed by atoms with Crippen molar-refractivity contribution < 1.29 is 9.53 Å². The molecule has 2 aliphatic heterocycles. The second-order valence-electron chi connectivity index (χ2n) is 7.01. The topological polar surface area (TPSA) is 53.6 Å². The number of hydrogen-bond donors (Lipinski definition) is 2. The van der Waals surface area contributed by atoms with Gasteiger partial charge in [-0.15, -0.1) is 0 Å². The number of halogens is 1. The van der Waals surface area contributed by atoms with E-state index in [1.807, 2.05) is 48.5 Å². The number of carbonyl (C=O) groups is 1. The van der Waals surface area contributed by atoms with Gasteiger partial charge in [0.25, 0.3) is 0 Å². The Hall–Kier alpha value is -2.08. The van der Waals surface area contributed by atoms with Crippen LogP contribution in [0.5, 0.6) is 5.75 Å². The van der Waals surface area contributed by atoms with Gasteiger partial charge in [-0.3, -0.25) is 9.69 Å². The largest absolute Gasteiger partial charge is 0.493 e. The van der Waals surface area contributed by atoms with Crippen LogP contribution in [-0.4, -0.2) is 43.6 Å². The number of rotatable bonds is 4. The molecule has 4 rings (SSSR count). The first-order valence-corrected chi connectivity index (χ1v) is 9.80. The van der Waals surface area contributed by atoms with Crippen molar-refractivity contribution in [1.29, 1.82) is 0 Å². The summed E-state index contributed by atoms with van der Waals surface area (Å²) in [6.07, 6.45) is 0.790.